The van der Waals surface area contributed by atoms with Gasteiger partial charge >= 0.3 is 12.3 Å². The monoisotopic (exact) mass is 302 g/mol. The Bertz CT molecular complexity index is 401. The third-order valence-corrected chi connectivity index (χ3v) is 3.22. The zero-order chi connectivity index (χ0) is 14.5. The highest BCUT2D eigenvalue weighted by atomic mass is 32.1. The lowest BCUT2D eigenvalue weighted by Crippen LogP contribution is -2.32. The molecule has 0 fully saturated rings. The molecule has 0 aliphatic rings. The first kappa shape index (κ1) is 16.3. The van der Waals surface area contributed by atoms with Gasteiger partial charge in [0.15, 0.2) is 0 Å². The van der Waals surface area contributed by atoms with E-state index in [1.807, 2.05) is 0 Å². The van der Waals surface area contributed by atoms with Crippen molar-refractivity contribution >= 4 is 11.3 Å². The molecule has 9 heteroatoms. The molecule has 1 aromatic heterocycles. The van der Waals surface area contributed by atoms with E-state index < -0.39 is 19.0 Å². The van der Waals surface area contributed by atoms with Crippen molar-refractivity contribution in [3.63, 3.8) is 0 Å². The van der Waals surface area contributed by atoms with Crippen LogP contribution in [-0.4, -0.2) is 31.0 Å². The van der Waals surface area contributed by atoms with Crippen LogP contribution in [0.5, 0.6) is 0 Å². The number of nitrogens with two attached hydrogens (primary N) is 1. The zero-order valence-corrected chi connectivity index (χ0v) is 11.0. The molecule has 1 aromatic rings. The van der Waals surface area contributed by atoms with Crippen LogP contribution in [0.15, 0.2) is 0 Å². The maximum Gasteiger partial charge on any atom is 0.330 e. The minimum absolute atomic E-state index is 0.240. The topological polar surface area (TPSA) is 57.4 Å². The van der Waals surface area contributed by atoms with Crippen molar-refractivity contribution in [2.24, 2.45) is 5.73 Å². The summed E-state index contributed by atoms with van der Waals surface area (Å²) in [6, 6.07) is 0. The molecule has 0 aliphatic heterocycles. The normalized spacial score (nSPS) is 12.4. The Kier molecular flexibility index (Phi) is 6.11. The Balaban J connectivity index is 2.54. The van der Waals surface area contributed by atoms with E-state index in [-0.39, 0.29) is 19.8 Å². The standard InChI is InChI=1S/C10H14F4N2O2S/c1-17-3-6-7(2-15)19-8(16-6)4-18-5-10(13,14)9(11)12/h9H,2-5,15H2,1H3. The molecule has 19 heavy (non-hydrogen) atoms. The zero-order valence-electron chi connectivity index (χ0n) is 10.2. The number of aromatic nitrogens is 1. The number of halogens is 4. The van der Waals surface area contributed by atoms with Gasteiger partial charge in [0.2, 0.25) is 0 Å². The van der Waals surface area contributed by atoms with E-state index in [1.165, 1.54) is 18.4 Å². The van der Waals surface area contributed by atoms with Crippen LogP contribution in [0, 0.1) is 0 Å². The van der Waals surface area contributed by atoms with Crippen LogP contribution < -0.4 is 5.73 Å². The number of hydrogen-bond acceptors (Lipinski definition) is 5. The summed E-state index contributed by atoms with van der Waals surface area (Å²) in [4.78, 5) is 4.84. The molecule has 0 saturated carbocycles. The van der Waals surface area contributed by atoms with Crippen LogP contribution in [-0.2, 0) is 29.2 Å². The predicted molar refractivity (Wildman–Crippen MR) is 61.3 cm³/mol. The van der Waals surface area contributed by atoms with Crippen molar-refractivity contribution in [2.75, 3.05) is 13.7 Å². The fourth-order valence-electron chi connectivity index (χ4n) is 1.24. The summed E-state index contributed by atoms with van der Waals surface area (Å²) in [5, 5.41) is 0.401. The lowest BCUT2D eigenvalue weighted by atomic mass is 10.4. The average Bonchev–Trinajstić information content (AvgIpc) is 2.71. The second kappa shape index (κ2) is 7.13. The van der Waals surface area contributed by atoms with Crippen molar-refractivity contribution in [2.45, 2.75) is 32.1 Å². The molecular formula is C10H14F4N2O2S. The highest BCUT2D eigenvalue weighted by Gasteiger charge is 2.41. The first-order valence-corrected chi connectivity index (χ1v) is 6.12. The maximum atomic E-state index is 12.6. The summed E-state index contributed by atoms with van der Waals surface area (Å²) in [7, 11) is 1.49. The lowest BCUT2D eigenvalue weighted by Gasteiger charge is -2.14. The molecule has 0 aromatic carbocycles. The van der Waals surface area contributed by atoms with E-state index in [0.717, 1.165) is 4.88 Å². The van der Waals surface area contributed by atoms with Crippen LogP contribution in [0.2, 0.25) is 0 Å². The van der Waals surface area contributed by atoms with Crippen LogP contribution in [0.4, 0.5) is 17.6 Å². The van der Waals surface area contributed by atoms with Gasteiger partial charge in [0.05, 0.1) is 18.9 Å². The summed E-state index contributed by atoms with van der Waals surface area (Å²) in [5.74, 6) is -4.15. The summed E-state index contributed by atoms with van der Waals surface area (Å²) in [6.45, 7) is -1.12. The smallest absolute Gasteiger partial charge is 0.330 e. The summed E-state index contributed by atoms with van der Waals surface area (Å²) < 4.78 is 58.4. The average molecular weight is 302 g/mol. The summed E-state index contributed by atoms with van der Waals surface area (Å²) in [6.07, 6.45) is -3.74. The van der Waals surface area contributed by atoms with Gasteiger partial charge in [-0.1, -0.05) is 0 Å². The quantitative estimate of drug-likeness (QED) is 0.748. The van der Waals surface area contributed by atoms with E-state index in [9.17, 15) is 17.6 Å². The molecule has 1 rings (SSSR count). The molecule has 2 N–H and O–H groups in total. The van der Waals surface area contributed by atoms with Crippen molar-refractivity contribution in [1.29, 1.82) is 0 Å². The number of ether oxygens (including phenoxy) is 2. The van der Waals surface area contributed by atoms with E-state index in [4.69, 9.17) is 10.5 Å². The summed E-state index contributed by atoms with van der Waals surface area (Å²) in [5.41, 5.74) is 6.09. The Morgan fingerprint density at radius 2 is 2.05 bits per heavy atom. The minimum atomic E-state index is -4.15. The number of thiazole rings is 1. The van der Waals surface area contributed by atoms with Gasteiger partial charge < -0.3 is 15.2 Å². The second-order valence-corrected chi connectivity index (χ2v) is 4.84. The second-order valence-electron chi connectivity index (χ2n) is 3.67. The number of hydrogen-bond donors (Lipinski definition) is 1. The van der Waals surface area contributed by atoms with Gasteiger partial charge in [0.1, 0.15) is 11.6 Å². The van der Waals surface area contributed by atoms with E-state index in [2.05, 4.69) is 9.72 Å². The highest BCUT2D eigenvalue weighted by Crippen LogP contribution is 2.24. The number of rotatable bonds is 8. The largest absolute Gasteiger partial charge is 0.378 e. The molecule has 0 spiro atoms. The molecule has 110 valence electrons. The van der Waals surface area contributed by atoms with Crippen LogP contribution >= 0.6 is 11.3 Å². The van der Waals surface area contributed by atoms with Gasteiger partial charge in [0, 0.05) is 18.5 Å². The fraction of sp³-hybridized carbons (Fsp3) is 0.700. The van der Waals surface area contributed by atoms with Gasteiger partial charge in [-0.25, -0.2) is 13.8 Å². The van der Waals surface area contributed by atoms with Crippen molar-refractivity contribution in [3.05, 3.63) is 15.6 Å². The van der Waals surface area contributed by atoms with Crippen LogP contribution in [0.25, 0.3) is 0 Å². The van der Waals surface area contributed by atoms with Gasteiger partial charge in [-0.3, -0.25) is 0 Å². The fourth-order valence-corrected chi connectivity index (χ4v) is 2.13. The first-order chi connectivity index (χ1) is 8.90. The Morgan fingerprint density at radius 1 is 1.37 bits per heavy atom. The van der Waals surface area contributed by atoms with Gasteiger partial charge in [-0.05, 0) is 0 Å². The first-order valence-electron chi connectivity index (χ1n) is 5.31. The highest BCUT2D eigenvalue weighted by molar-refractivity contribution is 7.11. The molecule has 0 radical (unpaired) electrons. The van der Waals surface area contributed by atoms with Crippen LogP contribution in [0.1, 0.15) is 15.6 Å². The molecule has 0 saturated heterocycles. The summed E-state index contributed by atoms with van der Waals surface area (Å²) >= 11 is 1.18. The van der Waals surface area contributed by atoms with E-state index in [1.54, 1.807) is 0 Å². The molecule has 1 heterocycles. The predicted octanol–water partition coefficient (Wildman–Crippen LogP) is 2.17. The third-order valence-electron chi connectivity index (χ3n) is 2.13. The SMILES string of the molecule is COCc1nc(COCC(F)(F)C(F)F)sc1CN. The van der Waals surface area contributed by atoms with E-state index >= 15 is 0 Å². The number of alkyl halides is 4. The third kappa shape index (κ3) is 4.68. The van der Waals surface area contributed by atoms with Gasteiger partial charge in [0.25, 0.3) is 0 Å². The van der Waals surface area contributed by atoms with Crippen molar-refractivity contribution < 1.29 is 27.0 Å². The lowest BCUT2D eigenvalue weighted by molar-refractivity contribution is -0.168. The van der Waals surface area contributed by atoms with Crippen LogP contribution in [0.3, 0.4) is 0 Å². The molecule has 0 amide bonds. The minimum Gasteiger partial charge on any atom is -0.378 e. The Labute approximate surface area is 111 Å². The van der Waals surface area contributed by atoms with Gasteiger partial charge in [-0.2, -0.15) is 8.78 Å². The molecule has 0 atom stereocenters. The molecule has 0 bridgehead atoms. The Morgan fingerprint density at radius 3 is 2.58 bits per heavy atom. The maximum absolute atomic E-state index is 12.6. The Hall–Kier alpha value is -0.770. The molecule has 0 aliphatic carbocycles. The van der Waals surface area contributed by atoms with Crippen molar-refractivity contribution in [3.8, 4) is 0 Å². The molecule has 0 unspecified atom stereocenters. The molecular weight excluding hydrogens is 288 g/mol. The molecule has 4 nitrogen and oxygen atoms in total. The number of nitrogens with zero attached hydrogens (tertiary/aromatic N) is 1. The van der Waals surface area contributed by atoms with Gasteiger partial charge in [-0.15, -0.1) is 11.3 Å². The van der Waals surface area contributed by atoms with Crippen molar-refractivity contribution in [1.82, 2.24) is 4.98 Å². The van der Waals surface area contributed by atoms with E-state index in [0.29, 0.717) is 10.7 Å². The number of methoxy groups -OCH3 is 1.